The number of aliphatic imine (C=N–C) groups is 1. The molecule has 1 amide bonds. The monoisotopic (exact) mass is 342 g/mol. The highest BCUT2D eigenvalue weighted by Crippen LogP contribution is 2.32. The first-order valence-electron chi connectivity index (χ1n) is 9.47. The standard InChI is InChI=1S/C20H30N4O/c1-15-14-24(13-10-18(15)16-6-4-3-5-7-16)20(21-2)23-12-11-22-19(25)17-8-9-17/h3-7,15,17-18H,8-14H2,1-2H3,(H,21,23)(H,22,25). The molecule has 2 unspecified atom stereocenters. The summed E-state index contributed by atoms with van der Waals surface area (Å²) in [6.07, 6.45) is 3.24. The molecule has 5 nitrogen and oxygen atoms in total. The molecule has 5 heteroatoms. The number of piperidine rings is 1. The lowest BCUT2D eigenvalue weighted by atomic mass is 9.82. The van der Waals surface area contributed by atoms with Gasteiger partial charge in [-0.15, -0.1) is 0 Å². The first kappa shape index (κ1) is 17.8. The molecule has 1 aliphatic heterocycles. The zero-order valence-electron chi connectivity index (χ0n) is 15.4. The van der Waals surface area contributed by atoms with Crippen molar-refractivity contribution < 1.29 is 4.79 Å². The Morgan fingerprint density at radius 2 is 1.88 bits per heavy atom. The van der Waals surface area contributed by atoms with E-state index < -0.39 is 0 Å². The Balaban J connectivity index is 1.45. The van der Waals surface area contributed by atoms with E-state index in [2.05, 4.69) is 57.8 Å². The minimum absolute atomic E-state index is 0.203. The van der Waals surface area contributed by atoms with E-state index in [0.717, 1.165) is 44.9 Å². The van der Waals surface area contributed by atoms with Crippen molar-refractivity contribution in [1.29, 1.82) is 0 Å². The lowest BCUT2D eigenvalue weighted by Crippen LogP contribution is -2.49. The number of likely N-dealkylation sites (tertiary alicyclic amines) is 1. The summed E-state index contributed by atoms with van der Waals surface area (Å²) in [4.78, 5) is 18.4. The third-order valence-electron chi connectivity index (χ3n) is 5.30. The van der Waals surface area contributed by atoms with E-state index in [1.54, 1.807) is 0 Å². The molecule has 136 valence electrons. The molecule has 1 saturated carbocycles. The van der Waals surface area contributed by atoms with Crippen molar-refractivity contribution in [3.8, 4) is 0 Å². The molecule has 3 rings (SSSR count). The maximum Gasteiger partial charge on any atom is 0.223 e. The molecule has 0 bridgehead atoms. The van der Waals surface area contributed by atoms with Crippen LogP contribution in [0.3, 0.4) is 0 Å². The second-order valence-corrected chi connectivity index (χ2v) is 7.27. The van der Waals surface area contributed by atoms with Gasteiger partial charge in [0.15, 0.2) is 5.96 Å². The molecule has 1 aromatic carbocycles. The normalized spacial score (nSPS) is 24.1. The number of carbonyl (C=O) groups is 1. The van der Waals surface area contributed by atoms with E-state index in [9.17, 15) is 4.79 Å². The zero-order chi connectivity index (χ0) is 17.6. The molecule has 1 heterocycles. The van der Waals surface area contributed by atoms with Crippen LogP contribution < -0.4 is 10.6 Å². The molecule has 0 aromatic heterocycles. The van der Waals surface area contributed by atoms with Crippen LogP contribution in [-0.4, -0.2) is 50.0 Å². The van der Waals surface area contributed by atoms with E-state index in [1.807, 2.05) is 7.05 Å². The van der Waals surface area contributed by atoms with Crippen LogP contribution in [0.1, 0.15) is 37.7 Å². The largest absolute Gasteiger partial charge is 0.354 e. The van der Waals surface area contributed by atoms with Crippen molar-refractivity contribution in [2.24, 2.45) is 16.8 Å². The average molecular weight is 342 g/mol. The summed E-state index contributed by atoms with van der Waals surface area (Å²) in [7, 11) is 1.83. The van der Waals surface area contributed by atoms with Gasteiger partial charge in [0.05, 0.1) is 0 Å². The van der Waals surface area contributed by atoms with E-state index in [0.29, 0.717) is 18.4 Å². The molecule has 1 aromatic rings. The third kappa shape index (κ3) is 4.74. The van der Waals surface area contributed by atoms with Gasteiger partial charge in [-0.1, -0.05) is 37.3 Å². The van der Waals surface area contributed by atoms with Gasteiger partial charge in [-0.2, -0.15) is 0 Å². The van der Waals surface area contributed by atoms with E-state index >= 15 is 0 Å². The third-order valence-corrected chi connectivity index (χ3v) is 5.30. The summed E-state index contributed by atoms with van der Waals surface area (Å²) in [5.74, 6) is 2.63. The fourth-order valence-corrected chi connectivity index (χ4v) is 3.72. The second kappa shape index (κ2) is 8.37. The van der Waals surface area contributed by atoms with Gasteiger partial charge in [-0.3, -0.25) is 9.79 Å². The van der Waals surface area contributed by atoms with Gasteiger partial charge in [0, 0.05) is 39.1 Å². The number of guanidine groups is 1. The zero-order valence-corrected chi connectivity index (χ0v) is 15.4. The minimum Gasteiger partial charge on any atom is -0.354 e. The topological polar surface area (TPSA) is 56.7 Å². The summed E-state index contributed by atoms with van der Waals surface area (Å²) in [6, 6.07) is 10.8. The molecule has 1 aliphatic carbocycles. The number of hydrogen-bond donors (Lipinski definition) is 2. The predicted molar refractivity (Wildman–Crippen MR) is 102 cm³/mol. The SMILES string of the molecule is CN=C(NCCNC(=O)C1CC1)N1CCC(c2ccccc2)C(C)C1. The summed E-state index contributed by atoms with van der Waals surface area (Å²) in [5, 5.41) is 6.38. The molecular weight excluding hydrogens is 312 g/mol. The Morgan fingerprint density at radius 3 is 2.52 bits per heavy atom. The maximum absolute atomic E-state index is 11.7. The highest BCUT2D eigenvalue weighted by molar-refractivity contribution is 5.81. The highest BCUT2D eigenvalue weighted by Gasteiger charge is 2.30. The van der Waals surface area contributed by atoms with Crippen molar-refractivity contribution >= 4 is 11.9 Å². The van der Waals surface area contributed by atoms with Crippen molar-refractivity contribution in [3.05, 3.63) is 35.9 Å². The number of amides is 1. The van der Waals surface area contributed by atoms with Crippen LogP contribution in [-0.2, 0) is 4.79 Å². The van der Waals surface area contributed by atoms with Crippen LogP contribution in [0.4, 0.5) is 0 Å². The van der Waals surface area contributed by atoms with Gasteiger partial charge in [0.1, 0.15) is 0 Å². The average Bonchev–Trinajstić information content (AvgIpc) is 3.47. The van der Waals surface area contributed by atoms with Crippen molar-refractivity contribution in [2.75, 3.05) is 33.2 Å². The number of nitrogens with one attached hydrogen (secondary N) is 2. The molecule has 2 aliphatic rings. The van der Waals surface area contributed by atoms with Crippen LogP contribution >= 0.6 is 0 Å². The van der Waals surface area contributed by atoms with Gasteiger partial charge in [-0.05, 0) is 36.7 Å². The first-order valence-corrected chi connectivity index (χ1v) is 9.47. The molecule has 1 saturated heterocycles. The lowest BCUT2D eigenvalue weighted by molar-refractivity contribution is -0.122. The number of nitrogens with zero attached hydrogens (tertiary/aromatic N) is 2. The van der Waals surface area contributed by atoms with Crippen LogP contribution in [0.15, 0.2) is 35.3 Å². The van der Waals surface area contributed by atoms with Crippen LogP contribution in [0.25, 0.3) is 0 Å². The van der Waals surface area contributed by atoms with Crippen LogP contribution in [0.5, 0.6) is 0 Å². The quantitative estimate of drug-likeness (QED) is 0.490. The minimum atomic E-state index is 0.203. The van der Waals surface area contributed by atoms with Crippen LogP contribution in [0, 0.1) is 11.8 Å². The summed E-state index contributed by atoms with van der Waals surface area (Å²) < 4.78 is 0. The lowest BCUT2D eigenvalue weighted by Gasteiger charge is -2.39. The second-order valence-electron chi connectivity index (χ2n) is 7.27. The number of hydrogen-bond acceptors (Lipinski definition) is 2. The molecule has 2 fully saturated rings. The number of benzene rings is 1. The van der Waals surface area contributed by atoms with Crippen molar-refractivity contribution in [2.45, 2.75) is 32.1 Å². The van der Waals surface area contributed by atoms with Crippen molar-refractivity contribution in [3.63, 3.8) is 0 Å². The maximum atomic E-state index is 11.7. The van der Waals surface area contributed by atoms with Gasteiger partial charge >= 0.3 is 0 Å². The Kier molecular flexibility index (Phi) is 5.95. The molecule has 0 spiro atoms. The molecule has 2 atom stereocenters. The number of carbonyl (C=O) groups excluding carboxylic acids is 1. The molecule has 2 N–H and O–H groups in total. The summed E-state index contributed by atoms with van der Waals surface area (Å²) >= 11 is 0. The highest BCUT2D eigenvalue weighted by atomic mass is 16.2. The Morgan fingerprint density at radius 1 is 1.16 bits per heavy atom. The van der Waals surface area contributed by atoms with Gasteiger partial charge in [0.25, 0.3) is 0 Å². The van der Waals surface area contributed by atoms with Gasteiger partial charge < -0.3 is 15.5 Å². The first-order chi connectivity index (χ1) is 12.2. The number of rotatable bonds is 5. The Hall–Kier alpha value is -2.04. The Labute approximate surface area is 150 Å². The smallest absolute Gasteiger partial charge is 0.223 e. The fraction of sp³-hybridized carbons (Fsp3) is 0.600. The molecular formula is C20H30N4O. The van der Waals surface area contributed by atoms with Gasteiger partial charge in [-0.25, -0.2) is 0 Å². The molecule has 0 radical (unpaired) electrons. The van der Waals surface area contributed by atoms with E-state index in [-0.39, 0.29) is 11.8 Å². The Bertz CT molecular complexity index is 597. The van der Waals surface area contributed by atoms with Crippen LogP contribution in [0.2, 0.25) is 0 Å². The van der Waals surface area contributed by atoms with Gasteiger partial charge in [0.2, 0.25) is 5.91 Å². The summed E-state index contributed by atoms with van der Waals surface area (Å²) in [6.45, 7) is 5.72. The molecule has 25 heavy (non-hydrogen) atoms. The fourth-order valence-electron chi connectivity index (χ4n) is 3.72. The van der Waals surface area contributed by atoms with Crippen molar-refractivity contribution in [1.82, 2.24) is 15.5 Å². The van der Waals surface area contributed by atoms with E-state index in [4.69, 9.17) is 0 Å². The predicted octanol–water partition coefficient (Wildman–Crippen LogP) is 2.21. The summed E-state index contributed by atoms with van der Waals surface area (Å²) in [5.41, 5.74) is 1.44. The van der Waals surface area contributed by atoms with E-state index in [1.165, 1.54) is 5.56 Å².